The Morgan fingerprint density at radius 2 is 1.87 bits per heavy atom. The molecule has 2 rings (SSSR count). The number of rotatable bonds is 5. The maximum atomic E-state index is 13.1. The number of methoxy groups -OCH3 is 1. The molecule has 3 nitrogen and oxygen atoms in total. The Balaban J connectivity index is 2.09. The van der Waals surface area contributed by atoms with Gasteiger partial charge in [-0.25, -0.2) is 9.18 Å². The van der Waals surface area contributed by atoms with Gasteiger partial charge in [0.25, 0.3) is 0 Å². The van der Waals surface area contributed by atoms with Crippen molar-refractivity contribution in [3.8, 4) is 0 Å². The Hall–Kier alpha value is -1.42. The number of halogens is 1. The van der Waals surface area contributed by atoms with Crippen molar-refractivity contribution in [2.45, 2.75) is 52.2 Å². The van der Waals surface area contributed by atoms with Crippen LogP contribution in [0.5, 0.6) is 0 Å². The van der Waals surface area contributed by atoms with Crippen molar-refractivity contribution >= 4 is 5.97 Å². The maximum Gasteiger partial charge on any atom is 0.340 e. The smallest absolute Gasteiger partial charge is 0.340 e. The summed E-state index contributed by atoms with van der Waals surface area (Å²) in [4.78, 5) is 12.6. The van der Waals surface area contributed by atoms with Gasteiger partial charge in [0.2, 0.25) is 0 Å². The zero-order chi connectivity index (χ0) is 17.0. The van der Waals surface area contributed by atoms with Crippen molar-refractivity contribution in [1.82, 2.24) is 0 Å². The molecular weight excluding hydrogens is 295 g/mol. The highest BCUT2D eigenvalue weighted by Gasteiger charge is 2.35. The van der Waals surface area contributed by atoms with Crippen LogP contribution in [0, 0.1) is 23.6 Å². The van der Waals surface area contributed by atoms with Crippen molar-refractivity contribution < 1.29 is 18.7 Å². The first-order chi connectivity index (χ1) is 10.9. The summed E-state index contributed by atoms with van der Waals surface area (Å²) in [5.41, 5.74) is 0.615. The fraction of sp³-hybridized carbons (Fsp3) is 0.632. The fourth-order valence-corrected chi connectivity index (χ4v) is 3.47. The molecule has 0 heterocycles. The van der Waals surface area contributed by atoms with Crippen LogP contribution in [0.2, 0.25) is 0 Å². The predicted octanol–water partition coefficient (Wildman–Crippen LogP) is 4.52. The third-order valence-electron chi connectivity index (χ3n) is 4.85. The second-order valence-corrected chi connectivity index (χ2v) is 6.97. The molecule has 0 N–H and O–H groups in total. The minimum Gasteiger partial charge on any atom is -0.460 e. The van der Waals surface area contributed by atoms with Crippen LogP contribution in [0.15, 0.2) is 24.3 Å². The van der Waals surface area contributed by atoms with E-state index in [0.29, 0.717) is 23.3 Å². The Labute approximate surface area is 138 Å². The van der Waals surface area contributed by atoms with Crippen molar-refractivity contribution in [2.24, 2.45) is 17.8 Å². The van der Waals surface area contributed by atoms with Gasteiger partial charge in [-0.15, -0.1) is 0 Å². The van der Waals surface area contributed by atoms with Gasteiger partial charge in [-0.3, -0.25) is 0 Å². The maximum absolute atomic E-state index is 13.1. The lowest BCUT2D eigenvalue weighted by Crippen LogP contribution is -2.37. The molecule has 4 atom stereocenters. The lowest BCUT2D eigenvalue weighted by Gasteiger charge is -2.37. The highest BCUT2D eigenvalue weighted by Crippen LogP contribution is 2.36. The van der Waals surface area contributed by atoms with Gasteiger partial charge in [0, 0.05) is 7.11 Å². The number of carbonyl (C=O) groups is 1. The minimum atomic E-state index is -0.805. The second kappa shape index (κ2) is 7.91. The number of ether oxygens (including phenoxy) is 2. The minimum absolute atomic E-state index is 0.0654. The summed E-state index contributed by atoms with van der Waals surface area (Å²) in [5.74, 6) is 0.712. The zero-order valence-corrected chi connectivity index (χ0v) is 14.4. The molecule has 1 aromatic rings. The molecule has 0 bridgehead atoms. The topological polar surface area (TPSA) is 35.5 Å². The van der Waals surface area contributed by atoms with Crippen LogP contribution < -0.4 is 0 Å². The van der Waals surface area contributed by atoms with Gasteiger partial charge in [0.05, 0.1) is 0 Å². The van der Waals surface area contributed by atoms with E-state index in [0.717, 1.165) is 12.8 Å². The molecule has 128 valence electrons. The number of hydrogen-bond acceptors (Lipinski definition) is 3. The molecule has 1 fully saturated rings. The van der Waals surface area contributed by atoms with Crippen LogP contribution in [-0.4, -0.2) is 19.2 Å². The summed E-state index contributed by atoms with van der Waals surface area (Å²) < 4.78 is 24.2. The van der Waals surface area contributed by atoms with Gasteiger partial charge in [-0.2, -0.15) is 0 Å². The first-order valence-electron chi connectivity index (χ1n) is 8.41. The van der Waals surface area contributed by atoms with Gasteiger partial charge >= 0.3 is 5.97 Å². The molecule has 1 aromatic carbocycles. The largest absolute Gasteiger partial charge is 0.460 e. The van der Waals surface area contributed by atoms with Gasteiger partial charge < -0.3 is 9.47 Å². The number of esters is 1. The molecule has 0 saturated heterocycles. The van der Waals surface area contributed by atoms with Gasteiger partial charge in [-0.1, -0.05) is 39.3 Å². The van der Waals surface area contributed by atoms with Gasteiger partial charge in [0.1, 0.15) is 11.9 Å². The molecule has 0 spiro atoms. The Morgan fingerprint density at radius 3 is 2.43 bits per heavy atom. The van der Waals surface area contributed by atoms with Gasteiger partial charge in [0.15, 0.2) is 6.10 Å². The second-order valence-electron chi connectivity index (χ2n) is 6.97. The van der Waals surface area contributed by atoms with Crippen LogP contribution >= 0.6 is 0 Å². The van der Waals surface area contributed by atoms with E-state index in [-0.39, 0.29) is 17.9 Å². The van der Waals surface area contributed by atoms with E-state index in [1.165, 1.54) is 25.7 Å². The van der Waals surface area contributed by atoms with E-state index < -0.39 is 6.10 Å². The molecule has 0 aliphatic heterocycles. The van der Waals surface area contributed by atoms with Crippen LogP contribution in [-0.2, 0) is 14.3 Å². The molecule has 23 heavy (non-hydrogen) atoms. The fourth-order valence-electron chi connectivity index (χ4n) is 3.47. The van der Waals surface area contributed by atoms with Crippen molar-refractivity contribution in [3.63, 3.8) is 0 Å². The van der Waals surface area contributed by atoms with Crippen LogP contribution in [0.3, 0.4) is 0 Å². The lowest BCUT2D eigenvalue weighted by atomic mass is 9.75. The summed E-state index contributed by atoms with van der Waals surface area (Å²) >= 11 is 0. The Morgan fingerprint density at radius 1 is 1.22 bits per heavy atom. The SMILES string of the molecule is COC(C(=O)OC1CC(C)CCC1C(C)C)c1ccc(F)cc1. The van der Waals surface area contributed by atoms with Gasteiger partial charge in [-0.05, 0) is 48.3 Å². The van der Waals surface area contributed by atoms with Crippen molar-refractivity contribution in [3.05, 3.63) is 35.6 Å². The van der Waals surface area contributed by atoms with E-state index in [4.69, 9.17) is 9.47 Å². The van der Waals surface area contributed by atoms with Crippen LogP contribution in [0.4, 0.5) is 4.39 Å². The number of carbonyl (C=O) groups excluding carboxylic acids is 1. The monoisotopic (exact) mass is 322 g/mol. The third-order valence-corrected chi connectivity index (χ3v) is 4.85. The highest BCUT2D eigenvalue weighted by molar-refractivity contribution is 5.76. The number of benzene rings is 1. The molecule has 4 unspecified atom stereocenters. The first-order valence-corrected chi connectivity index (χ1v) is 8.41. The molecule has 1 aliphatic rings. The number of hydrogen-bond donors (Lipinski definition) is 0. The summed E-state index contributed by atoms with van der Waals surface area (Å²) in [6.07, 6.45) is 2.30. The lowest BCUT2D eigenvalue weighted by molar-refractivity contribution is -0.168. The molecule has 1 saturated carbocycles. The van der Waals surface area contributed by atoms with Crippen LogP contribution in [0.25, 0.3) is 0 Å². The molecular formula is C19H27FO3. The highest BCUT2D eigenvalue weighted by atomic mass is 19.1. The summed E-state index contributed by atoms with van der Waals surface area (Å²) in [7, 11) is 1.47. The van der Waals surface area contributed by atoms with E-state index >= 15 is 0 Å². The summed E-state index contributed by atoms with van der Waals surface area (Å²) in [5, 5.41) is 0. The van der Waals surface area contributed by atoms with Crippen molar-refractivity contribution in [1.29, 1.82) is 0 Å². The summed E-state index contributed by atoms with van der Waals surface area (Å²) in [6.45, 7) is 6.55. The normalized spacial score (nSPS) is 26.1. The quantitative estimate of drug-likeness (QED) is 0.748. The van der Waals surface area contributed by atoms with Crippen LogP contribution in [0.1, 0.15) is 51.7 Å². The molecule has 1 aliphatic carbocycles. The third kappa shape index (κ3) is 4.54. The first kappa shape index (κ1) is 17.9. The standard InChI is InChI=1S/C19H27FO3/c1-12(2)16-10-5-13(3)11-17(16)23-19(21)18(22-4)14-6-8-15(20)9-7-14/h6-9,12-13,16-18H,5,10-11H2,1-4H3. The zero-order valence-electron chi connectivity index (χ0n) is 14.4. The average molecular weight is 322 g/mol. The van der Waals surface area contributed by atoms with E-state index in [1.807, 2.05) is 0 Å². The van der Waals surface area contributed by atoms with E-state index in [9.17, 15) is 9.18 Å². The summed E-state index contributed by atoms with van der Waals surface area (Å²) in [6, 6.07) is 5.78. The van der Waals surface area contributed by atoms with E-state index in [1.54, 1.807) is 12.1 Å². The predicted molar refractivity (Wildman–Crippen MR) is 87.4 cm³/mol. The Kier molecular flexibility index (Phi) is 6.17. The molecule has 0 aromatic heterocycles. The molecule has 0 radical (unpaired) electrons. The van der Waals surface area contributed by atoms with Crippen molar-refractivity contribution in [2.75, 3.05) is 7.11 Å². The Bertz CT molecular complexity index is 512. The molecule has 4 heteroatoms. The van der Waals surface area contributed by atoms with E-state index in [2.05, 4.69) is 20.8 Å². The molecule has 0 amide bonds. The average Bonchev–Trinajstić information content (AvgIpc) is 2.49.